The second-order valence-electron chi connectivity index (χ2n) is 6.73. The van der Waals surface area contributed by atoms with Crippen molar-refractivity contribution in [2.45, 2.75) is 45.6 Å². The van der Waals surface area contributed by atoms with Crippen molar-refractivity contribution in [3.8, 4) is 0 Å². The number of piperidine rings is 1. The molecule has 26 heavy (non-hydrogen) atoms. The quantitative estimate of drug-likeness (QED) is 0.781. The van der Waals surface area contributed by atoms with Crippen LogP contribution in [0.1, 0.15) is 49.9 Å². The van der Waals surface area contributed by atoms with Crippen molar-refractivity contribution in [2.75, 3.05) is 19.6 Å². The zero-order chi connectivity index (χ0) is 18.9. The highest BCUT2D eigenvalue weighted by molar-refractivity contribution is 5.96. The highest BCUT2D eigenvalue weighted by atomic mass is 16.2. The molecule has 0 aliphatic carbocycles. The van der Waals surface area contributed by atoms with Crippen molar-refractivity contribution >= 4 is 17.7 Å². The Balaban J connectivity index is 1.71. The number of amides is 3. The number of nitrogens with one attached hydrogen (secondary N) is 2. The Kier molecular flexibility index (Phi) is 7.63. The summed E-state index contributed by atoms with van der Waals surface area (Å²) in [6, 6.07) is 8.88. The lowest BCUT2D eigenvalue weighted by molar-refractivity contribution is -0.137. The first kappa shape index (κ1) is 19.9. The Morgan fingerprint density at radius 3 is 2.27 bits per heavy atom. The van der Waals surface area contributed by atoms with Gasteiger partial charge in [-0.3, -0.25) is 14.4 Å². The van der Waals surface area contributed by atoms with Crippen LogP contribution in [-0.2, 0) is 9.59 Å². The van der Waals surface area contributed by atoms with E-state index < -0.39 is 0 Å². The van der Waals surface area contributed by atoms with Crippen LogP contribution in [0.4, 0.5) is 0 Å². The zero-order valence-electron chi connectivity index (χ0n) is 15.7. The van der Waals surface area contributed by atoms with Crippen molar-refractivity contribution in [3.05, 3.63) is 35.9 Å². The van der Waals surface area contributed by atoms with Crippen molar-refractivity contribution in [3.63, 3.8) is 0 Å². The molecule has 1 saturated heterocycles. The monoisotopic (exact) mass is 359 g/mol. The summed E-state index contributed by atoms with van der Waals surface area (Å²) >= 11 is 0. The van der Waals surface area contributed by atoms with Gasteiger partial charge in [0, 0.05) is 30.6 Å². The molecule has 0 bridgehead atoms. The lowest BCUT2D eigenvalue weighted by atomic mass is 9.98. The molecule has 1 aromatic carbocycles. The molecule has 142 valence electrons. The predicted molar refractivity (Wildman–Crippen MR) is 101 cm³/mol. The summed E-state index contributed by atoms with van der Waals surface area (Å²) in [5.41, 5.74) is 0.536. The molecular weight excluding hydrogens is 330 g/mol. The van der Waals surface area contributed by atoms with E-state index in [0.717, 1.165) is 25.7 Å². The molecule has 0 aromatic heterocycles. The largest absolute Gasteiger partial charge is 0.352 e. The molecule has 2 rings (SSSR count). The molecular formula is C20H29N3O3. The van der Waals surface area contributed by atoms with Gasteiger partial charge in [0.2, 0.25) is 11.8 Å². The molecule has 1 fully saturated rings. The van der Waals surface area contributed by atoms with E-state index in [9.17, 15) is 14.4 Å². The van der Waals surface area contributed by atoms with E-state index in [1.807, 2.05) is 24.8 Å². The maximum Gasteiger partial charge on any atom is 0.251 e. The Hall–Kier alpha value is -2.37. The van der Waals surface area contributed by atoms with E-state index >= 15 is 0 Å². The van der Waals surface area contributed by atoms with Gasteiger partial charge in [0.15, 0.2) is 0 Å². The fourth-order valence-corrected chi connectivity index (χ4v) is 3.27. The van der Waals surface area contributed by atoms with Crippen LogP contribution in [0.5, 0.6) is 0 Å². The molecule has 1 aromatic rings. The van der Waals surface area contributed by atoms with Crippen LogP contribution in [0.3, 0.4) is 0 Å². The second-order valence-corrected chi connectivity index (χ2v) is 6.73. The Morgan fingerprint density at radius 2 is 1.69 bits per heavy atom. The average Bonchev–Trinajstić information content (AvgIpc) is 2.68. The lowest BCUT2D eigenvalue weighted by Gasteiger charge is -2.34. The summed E-state index contributed by atoms with van der Waals surface area (Å²) < 4.78 is 0. The summed E-state index contributed by atoms with van der Waals surface area (Å²) in [6.07, 6.45) is 3.24. The normalized spacial score (nSPS) is 15.0. The summed E-state index contributed by atoms with van der Waals surface area (Å²) in [7, 11) is 0. The fraction of sp³-hybridized carbons (Fsp3) is 0.550. The molecule has 2 N–H and O–H groups in total. The zero-order valence-corrected chi connectivity index (χ0v) is 15.7. The van der Waals surface area contributed by atoms with Crippen LogP contribution in [0.15, 0.2) is 30.3 Å². The molecule has 6 nitrogen and oxygen atoms in total. The first-order valence-electron chi connectivity index (χ1n) is 9.46. The third-order valence-electron chi connectivity index (χ3n) is 4.95. The summed E-state index contributed by atoms with van der Waals surface area (Å²) in [4.78, 5) is 38.3. The highest BCUT2D eigenvalue weighted by Crippen LogP contribution is 2.17. The molecule has 3 amide bonds. The molecule has 0 radical (unpaired) electrons. The van der Waals surface area contributed by atoms with Crippen LogP contribution in [0.25, 0.3) is 0 Å². The number of nitrogens with zero attached hydrogens (tertiary/aromatic N) is 1. The van der Waals surface area contributed by atoms with E-state index in [4.69, 9.17) is 0 Å². The fourth-order valence-electron chi connectivity index (χ4n) is 3.27. The lowest BCUT2D eigenvalue weighted by Crippen LogP contribution is -2.49. The SMILES string of the molecule is CCC(CC)C(=O)N1CCC(NC(=O)CNC(=O)c2ccccc2)CC1. The maximum atomic E-state index is 12.4. The standard InChI is InChI=1S/C20H29N3O3/c1-3-15(4-2)20(26)23-12-10-17(11-13-23)22-18(24)14-21-19(25)16-8-6-5-7-9-16/h5-9,15,17H,3-4,10-14H2,1-2H3,(H,21,25)(H,22,24). The van der Waals surface area contributed by atoms with E-state index in [1.165, 1.54) is 0 Å². The summed E-state index contributed by atoms with van der Waals surface area (Å²) in [6.45, 7) is 5.40. The minimum absolute atomic E-state index is 0.0411. The second kappa shape index (κ2) is 9.94. The van der Waals surface area contributed by atoms with Gasteiger partial charge in [0.1, 0.15) is 0 Å². The smallest absolute Gasteiger partial charge is 0.251 e. The molecule has 0 spiro atoms. The Morgan fingerprint density at radius 1 is 1.08 bits per heavy atom. The van der Waals surface area contributed by atoms with Crippen molar-refractivity contribution in [1.82, 2.24) is 15.5 Å². The predicted octanol–water partition coefficient (Wildman–Crippen LogP) is 1.96. The molecule has 6 heteroatoms. The summed E-state index contributed by atoms with van der Waals surface area (Å²) in [5.74, 6) is -0.116. The Labute approximate surface area is 155 Å². The van der Waals surface area contributed by atoms with E-state index in [-0.39, 0.29) is 36.2 Å². The van der Waals surface area contributed by atoms with Gasteiger partial charge in [-0.1, -0.05) is 32.0 Å². The van der Waals surface area contributed by atoms with Crippen molar-refractivity contribution in [1.29, 1.82) is 0 Å². The van der Waals surface area contributed by atoms with Gasteiger partial charge < -0.3 is 15.5 Å². The number of rotatable bonds is 7. The van der Waals surface area contributed by atoms with E-state index in [1.54, 1.807) is 24.3 Å². The maximum absolute atomic E-state index is 12.4. The van der Waals surface area contributed by atoms with Gasteiger partial charge in [-0.25, -0.2) is 0 Å². The number of carbonyl (C=O) groups excluding carboxylic acids is 3. The molecule has 0 atom stereocenters. The number of likely N-dealkylation sites (tertiary alicyclic amines) is 1. The van der Waals surface area contributed by atoms with E-state index in [2.05, 4.69) is 10.6 Å². The minimum atomic E-state index is -0.258. The van der Waals surface area contributed by atoms with Crippen molar-refractivity contribution < 1.29 is 14.4 Å². The first-order chi connectivity index (χ1) is 12.5. The van der Waals surface area contributed by atoms with Crippen LogP contribution in [0, 0.1) is 5.92 Å². The molecule has 1 heterocycles. The molecule has 0 saturated carbocycles. The molecule has 0 unspecified atom stereocenters. The van der Waals surface area contributed by atoms with Gasteiger partial charge in [-0.05, 0) is 37.8 Å². The topological polar surface area (TPSA) is 78.5 Å². The summed E-state index contributed by atoms with van der Waals surface area (Å²) in [5, 5.41) is 5.58. The Bertz CT molecular complexity index is 606. The van der Waals surface area contributed by atoms with Gasteiger partial charge in [-0.2, -0.15) is 0 Å². The van der Waals surface area contributed by atoms with Crippen LogP contribution >= 0.6 is 0 Å². The third-order valence-corrected chi connectivity index (χ3v) is 4.95. The average molecular weight is 359 g/mol. The van der Waals surface area contributed by atoms with Crippen molar-refractivity contribution in [2.24, 2.45) is 5.92 Å². The minimum Gasteiger partial charge on any atom is -0.352 e. The number of hydrogen-bond donors (Lipinski definition) is 2. The number of benzene rings is 1. The van der Waals surface area contributed by atoms with Gasteiger partial charge in [0.25, 0.3) is 5.91 Å². The third kappa shape index (κ3) is 5.58. The van der Waals surface area contributed by atoms with Gasteiger partial charge in [0.05, 0.1) is 6.54 Å². The first-order valence-corrected chi connectivity index (χ1v) is 9.46. The highest BCUT2D eigenvalue weighted by Gasteiger charge is 2.27. The number of hydrogen-bond acceptors (Lipinski definition) is 3. The number of carbonyl (C=O) groups is 3. The van der Waals surface area contributed by atoms with Crippen LogP contribution in [0.2, 0.25) is 0 Å². The van der Waals surface area contributed by atoms with Gasteiger partial charge >= 0.3 is 0 Å². The van der Waals surface area contributed by atoms with Gasteiger partial charge in [-0.15, -0.1) is 0 Å². The molecule has 1 aliphatic heterocycles. The van der Waals surface area contributed by atoms with E-state index in [0.29, 0.717) is 18.7 Å². The van der Waals surface area contributed by atoms with Crippen LogP contribution < -0.4 is 10.6 Å². The molecule has 1 aliphatic rings. The van der Waals surface area contributed by atoms with Crippen LogP contribution in [-0.4, -0.2) is 48.3 Å².